The number of benzene rings is 1. The largest absolute Gasteiger partial charge is 0.457 e. The number of halogens is 2. The van der Waals surface area contributed by atoms with Crippen molar-refractivity contribution in [3.05, 3.63) is 28.3 Å². The zero-order chi connectivity index (χ0) is 13.0. The van der Waals surface area contributed by atoms with Crippen LogP contribution >= 0.6 is 27.5 Å². The van der Waals surface area contributed by atoms with Crippen molar-refractivity contribution in [3.63, 3.8) is 0 Å². The second kappa shape index (κ2) is 5.89. The molecule has 0 radical (unpaired) electrons. The van der Waals surface area contributed by atoms with Crippen LogP contribution in [0.15, 0.2) is 12.1 Å². The molecule has 6 heteroatoms. The number of alkyl halides is 1. The Morgan fingerprint density at radius 3 is 2.82 bits per heavy atom. The minimum absolute atomic E-state index is 0.231. The van der Waals surface area contributed by atoms with Gasteiger partial charge in [-0.3, -0.25) is 4.79 Å². The van der Waals surface area contributed by atoms with Crippen molar-refractivity contribution in [2.24, 2.45) is 0 Å². The predicted molar refractivity (Wildman–Crippen MR) is 68.9 cm³/mol. The highest BCUT2D eigenvalue weighted by atomic mass is 79.9. The molecule has 0 aliphatic heterocycles. The van der Waals surface area contributed by atoms with E-state index in [1.807, 2.05) is 6.07 Å². The van der Waals surface area contributed by atoms with Crippen LogP contribution in [0.5, 0.6) is 0 Å². The van der Waals surface area contributed by atoms with Crippen molar-refractivity contribution in [1.29, 1.82) is 5.26 Å². The summed E-state index contributed by atoms with van der Waals surface area (Å²) in [5.41, 5.74) is 6.76. The molecule has 0 bridgehead atoms. The van der Waals surface area contributed by atoms with Crippen LogP contribution in [0.4, 0.5) is 5.69 Å². The molecule has 90 valence electrons. The van der Waals surface area contributed by atoms with Crippen molar-refractivity contribution in [1.82, 2.24) is 0 Å². The van der Waals surface area contributed by atoms with Gasteiger partial charge in [0.2, 0.25) is 0 Å². The molecule has 0 fully saturated rings. The number of rotatable bonds is 3. The van der Waals surface area contributed by atoms with E-state index in [2.05, 4.69) is 15.9 Å². The maximum absolute atomic E-state index is 10.9. The summed E-state index contributed by atoms with van der Waals surface area (Å²) in [6, 6.07) is 5.10. The van der Waals surface area contributed by atoms with E-state index < -0.39 is 12.1 Å². The average molecular weight is 318 g/mol. The van der Waals surface area contributed by atoms with E-state index in [0.29, 0.717) is 10.9 Å². The monoisotopic (exact) mass is 316 g/mol. The van der Waals surface area contributed by atoms with Gasteiger partial charge in [-0.05, 0) is 17.7 Å². The van der Waals surface area contributed by atoms with E-state index in [4.69, 9.17) is 27.3 Å². The van der Waals surface area contributed by atoms with Crippen molar-refractivity contribution in [3.8, 4) is 6.07 Å². The maximum atomic E-state index is 10.9. The second-order valence-electron chi connectivity index (χ2n) is 3.33. The number of hydrogen-bond acceptors (Lipinski definition) is 4. The van der Waals surface area contributed by atoms with Crippen LogP contribution < -0.4 is 5.73 Å². The lowest BCUT2D eigenvalue weighted by Crippen LogP contribution is -2.10. The number of nitrogens with two attached hydrogens (primary N) is 1. The summed E-state index contributed by atoms with van der Waals surface area (Å²) < 4.78 is 5.09. The summed E-state index contributed by atoms with van der Waals surface area (Å²) >= 11 is 9.14. The number of carbonyl (C=O) groups is 1. The standard InChI is InChI=1S/C11H10BrClN2O2/c1-6(16)17-10(4-12)7-2-8(5-14)11(15)9(13)3-7/h2-3,10H,4,15H2,1H3. The molecule has 0 aliphatic carbocycles. The average Bonchev–Trinajstić information content (AvgIpc) is 2.29. The lowest BCUT2D eigenvalue weighted by atomic mass is 10.1. The summed E-state index contributed by atoms with van der Waals surface area (Å²) in [6.45, 7) is 1.32. The molecule has 1 atom stereocenters. The lowest BCUT2D eigenvalue weighted by Gasteiger charge is -2.16. The Balaban J connectivity index is 3.17. The highest BCUT2D eigenvalue weighted by Crippen LogP contribution is 2.29. The Labute approximate surface area is 112 Å². The number of ether oxygens (including phenoxy) is 1. The van der Waals surface area contributed by atoms with Gasteiger partial charge < -0.3 is 10.5 Å². The molecule has 0 amide bonds. The van der Waals surface area contributed by atoms with Gasteiger partial charge in [0, 0.05) is 12.3 Å². The normalized spacial score (nSPS) is 11.6. The van der Waals surface area contributed by atoms with Crippen LogP contribution in [0.1, 0.15) is 24.2 Å². The molecule has 0 aliphatic rings. The summed E-state index contributed by atoms with van der Waals surface area (Å²) in [7, 11) is 0. The molecular formula is C11H10BrClN2O2. The van der Waals surface area contributed by atoms with Gasteiger partial charge in [0.05, 0.1) is 16.3 Å². The Kier molecular flexibility index (Phi) is 4.79. The van der Waals surface area contributed by atoms with Gasteiger partial charge in [-0.1, -0.05) is 27.5 Å². The van der Waals surface area contributed by atoms with Gasteiger partial charge in [-0.25, -0.2) is 0 Å². The molecule has 0 saturated carbocycles. The Morgan fingerprint density at radius 1 is 1.71 bits per heavy atom. The SMILES string of the molecule is CC(=O)OC(CBr)c1cc(Cl)c(N)c(C#N)c1. The van der Waals surface area contributed by atoms with Crippen molar-refractivity contribution in [2.45, 2.75) is 13.0 Å². The number of nitrogen functional groups attached to an aromatic ring is 1. The van der Waals surface area contributed by atoms with E-state index in [1.165, 1.54) is 6.92 Å². The van der Waals surface area contributed by atoms with E-state index in [0.717, 1.165) is 0 Å². The Morgan fingerprint density at radius 2 is 2.35 bits per heavy atom. The number of esters is 1. The summed E-state index contributed by atoms with van der Waals surface area (Å²) in [5.74, 6) is -0.402. The van der Waals surface area contributed by atoms with Gasteiger partial charge in [-0.2, -0.15) is 5.26 Å². The third-order valence-corrected chi connectivity index (χ3v) is 2.99. The fourth-order valence-electron chi connectivity index (χ4n) is 1.31. The molecule has 17 heavy (non-hydrogen) atoms. The van der Waals surface area contributed by atoms with Gasteiger partial charge >= 0.3 is 5.97 Å². The molecule has 0 heterocycles. The van der Waals surface area contributed by atoms with Gasteiger partial charge in [0.25, 0.3) is 0 Å². The second-order valence-corrected chi connectivity index (χ2v) is 4.38. The third-order valence-electron chi connectivity index (χ3n) is 2.09. The minimum atomic E-state index is -0.488. The molecular weight excluding hydrogens is 307 g/mol. The molecule has 0 spiro atoms. The summed E-state index contributed by atoms with van der Waals surface area (Å²) in [6.07, 6.45) is -0.488. The van der Waals surface area contributed by atoms with E-state index >= 15 is 0 Å². The fraction of sp³-hybridized carbons (Fsp3) is 0.273. The van der Waals surface area contributed by atoms with E-state index in [1.54, 1.807) is 12.1 Å². The molecule has 0 saturated heterocycles. The highest BCUT2D eigenvalue weighted by Gasteiger charge is 2.16. The van der Waals surface area contributed by atoms with Crippen LogP contribution in [-0.4, -0.2) is 11.3 Å². The third kappa shape index (κ3) is 3.35. The van der Waals surface area contributed by atoms with Crippen LogP contribution in [-0.2, 0) is 9.53 Å². The van der Waals surface area contributed by atoms with Gasteiger partial charge in [0.15, 0.2) is 0 Å². The van der Waals surface area contributed by atoms with Gasteiger partial charge in [0.1, 0.15) is 12.2 Å². The fourth-order valence-corrected chi connectivity index (χ4v) is 2.04. The predicted octanol–water partition coefficient (Wildman–Crippen LogP) is 2.79. The minimum Gasteiger partial charge on any atom is -0.457 e. The first-order chi connectivity index (χ1) is 7.99. The number of carbonyl (C=O) groups excluding carboxylic acids is 1. The first-order valence-corrected chi connectivity index (χ1v) is 6.21. The van der Waals surface area contributed by atoms with Crippen molar-refractivity contribution < 1.29 is 9.53 Å². The summed E-state index contributed by atoms with van der Waals surface area (Å²) in [4.78, 5) is 10.9. The highest BCUT2D eigenvalue weighted by molar-refractivity contribution is 9.09. The molecule has 0 aromatic heterocycles. The molecule has 1 rings (SSSR count). The van der Waals surface area contributed by atoms with Crippen molar-refractivity contribution in [2.75, 3.05) is 11.1 Å². The number of nitrogens with zero attached hydrogens (tertiary/aromatic N) is 1. The summed E-state index contributed by atoms with van der Waals surface area (Å²) in [5, 5.41) is 9.59. The molecule has 1 unspecified atom stereocenters. The molecule has 1 aromatic carbocycles. The molecule has 4 nitrogen and oxygen atoms in total. The van der Waals surface area contributed by atoms with E-state index in [9.17, 15) is 4.79 Å². The zero-order valence-corrected chi connectivity index (χ0v) is 11.4. The van der Waals surface area contributed by atoms with Crippen LogP contribution in [0.3, 0.4) is 0 Å². The lowest BCUT2D eigenvalue weighted by molar-refractivity contribution is -0.145. The molecule has 2 N–H and O–H groups in total. The number of nitriles is 1. The number of hydrogen-bond donors (Lipinski definition) is 1. The first kappa shape index (κ1) is 13.8. The van der Waals surface area contributed by atoms with E-state index in [-0.39, 0.29) is 16.3 Å². The topological polar surface area (TPSA) is 76.1 Å². The van der Waals surface area contributed by atoms with Crippen LogP contribution in [0.25, 0.3) is 0 Å². The zero-order valence-electron chi connectivity index (χ0n) is 9.04. The van der Waals surface area contributed by atoms with Gasteiger partial charge in [-0.15, -0.1) is 0 Å². The van der Waals surface area contributed by atoms with Crippen LogP contribution in [0.2, 0.25) is 5.02 Å². The Hall–Kier alpha value is -1.25. The maximum Gasteiger partial charge on any atom is 0.303 e. The smallest absolute Gasteiger partial charge is 0.303 e. The number of anilines is 1. The first-order valence-electron chi connectivity index (χ1n) is 4.71. The molecule has 1 aromatic rings. The van der Waals surface area contributed by atoms with Crippen LogP contribution in [0, 0.1) is 11.3 Å². The quantitative estimate of drug-likeness (QED) is 0.528. The van der Waals surface area contributed by atoms with Crippen molar-refractivity contribution >= 4 is 39.2 Å². The Bertz CT molecular complexity index is 485.